The number of non-ortho nitro benzene ring substituents is 1. The predicted molar refractivity (Wildman–Crippen MR) is 129 cm³/mol. The predicted octanol–water partition coefficient (Wildman–Crippen LogP) is 4.02. The highest BCUT2D eigenvalue weighted by Crippen LogP contribution is 2.32. The van der Waals surface area contributed by atoms with Gasteiger partial charge >= 0.3 is 0 Å². The van der Waals surface area contributed by atoms with Crippen molar-refractivity contribution < 1.29 is 32.3 Å². The van der Waals surface area contributed by atoms with Gasteiger partial charge in [-0.25, -0.2) is 8.42 Å². The van der Waals surface area contributed by atoms with Gasteiger partial charge in [0.1, 0.15) is 0 Å². The maximum absolute atomic E-state index is 13.6. The average molecular weight is 503 g/mol. The van der Waals surface area contributed by atoms with E-state index in [1.807, 2.05) is 0 Å². The second-order valence-electron chi connectivity index (χ2n) is 7.40. The third kappa shape index (κ3) is 5.81. The van der Waals surface area contributed by atoms with Crippen molar-refractivity contribution in [2.24, 2.45) is 0 Å². The summed E-state index contributed by atoms with van der Waals surface area (Å²) >= 11 is 0. The molecule has 0 bridgehead atoms. The zero-order valence-electron chi connectivity index (χ0n) is 19.8. The van der Waals surface area contributed by atoms with E-state index in [9.17, 15) is 18.5 Å². The molecule has 0 saturated heterocycles. The minimum atomic E-state index is -4.04. The van der Waals surface area contributed by atoms with Crippen molar-refractivity contribution in [3.8, 4) is 23.0 Å². The summed E-state index contributed by atoms with van der Waals surface area (Å²) in [5.41, 5.74) is 1.12. The van der Waals surface area contributed by atoms with Gasteiger partial charge in [-0.15, -0.1) is 0 Å². The number of benzene rings is 3. The van der Waals surface area contributed by atoms with Crippen molar-refractivity contribution in [2.45, 2.75) is 18.0 Å². The number of ether oxygens (including phenoxy) is 4. The molecule has 0 amide bonds. The topological polar surface area (TPSA) is 117 Å². The molecule has 11 heteroatoms. The molecule has 3 rings (SSSR count). The van der Waals surface area contributed by atoms with Crippen LogP contribution in [0.15, 0.2) is 65.6 Å². The number of sulfonamides is 1. The summed E-state index contributed by atoms with van der Waals surface area (Å²) in [6, 6.07) is 15.1. The molecule has 35 heavy (non-hydrogen) atoms. The van der Waals surface area contributed by atoms with E-state index in [1.165, 1.54) is 44.9 Å². The van der Waals surface area contributed by atoms with E-state index in [0.29, 0.717) is 34.1 Å². The van der Waals surface area contributed by atoms with E-state index in [-0.39, 0.29) is 23.7 Å². The van der Waals surface area contributed by atoms with Gasteiger partial charge in [0.2, 0.25) is 10.0 Å². The van der Waals surface area contributed by atoms with Crippen molar-refractivity contribution in [3.63, 3.8) is 0 Å². The zero-order chi connectivity index (χ0) is 25.6. The fourth-order valence-corrected chi connectivity index (χ4v) is 4.90. The summed E-state index contributed by atoms with van der Waals surface area (Å²) in [4.78, 5) is 10.4. The van der Waals surface area contributed by atoms with Gasteiger partial charge in [0.15, 0.2) is 23.0 Å². The summed E-state index contributed by atoms with van der Waals surface area (Å²) in [5, 5.41) is 11.0. The van der Waals surface area contributed by atoms with Crippen LogP contribution < -0.4 is 18.9 Å². The number of methoxy groups -OCH3 is 4. The lowest BCUT2D eigenvalue weighted by atomic mass is 10.1. The zero-order valence-corrected chi connectivity index (χ0v) is 20.6. The Kier molecular flexibility index (Phi) is 8.15. The molecule has 3 aromatic carbocycles. The Bertz CT molecular complexity index is 1240. The Morgan fingerprint density at radius 3 is 1.51 bits per heavy atom. The molecule has 0 radical (unpaired) electrons. The minimum absolute atomic E-state index is 0.00796. The third-order valence-corrected chi connectivity index (χ3v) is 7.10. The second kappa shape index (κ2) is 11.1. The van der Waals surface area contributed by atoms with Gasteiger partial charge in [0.25, 0.3) is 5.69 Å². The molecule has 0 fully saturated rings. The van der Waals surface area contributed by atoms with Crippen molar-refractivity contribution in [1.29, 1.82) is 0 Å². The largest absolute Gasteiger partial charge is 0.493 e. The van der Waals surface area contributed by atoms with E-state index in [2.05, 4.69) is 0 Å². The Morgan fingerprint density at radius 2 is 1.14 bits per heavy atom. The Morgan fingerprint density at radius 1 is 0.714 bits per heavy atom. The summed E-state index contributed by atoms with van der Waals surface area (Å²) < 4.78 is 49.8. The van der Waals surface area contributed by atoms with E-state index >= 15 is 0 Å². The van der Waals surface area contributed by atoms with Crippen LogP contribution in [0.5, 0.6) is 23.0 Å². The maximum Gasteiger partial charge on any atom is 0.269 e. The quantitative estimate of drug-likeness (QED) is 0.285. The van der Waals surface area contributed by atoms with Gasteiger partial charge in [-0.1, -0.05) is 12.1 Å². The monoisotopic (exact) mass is 502 g/mol. The van der Waals surface area contributed by atoms with Crippen LogP contribution >= 0.6 is 0 Å². The number of nitrogens with zero attached hydrogens (tertiary/aromatic N) is 2. The first kappa shape index (κ1) is 25.8. The molecule has 0 spiro atoms. The first-order chi connectivity index (χ1) is 16.7. The van der Waals surface area contributed by atoms with Crippen molar-refractivity contribution in [1.82, 2.24) is 4.31 Å². The SMILES string of the molecule is COc1ccc(CN(Cc2ccc(OC)c(OC)c2)S(=O)(=O)c2ccc([N+](=O)[O-])cc2)cc1OC. The number of nitro groups is 1. The summed E-state index contributed by atoms with van der Waals surface area (Å²) in [5.74, 6) is 1.95. The fourth-order valence-electron chi connectivity index (χ4n) is 3.48. The smallest absolute Gasteiger partial charge is 0.269 e. The van der Waals surface area contributed by atoms with Gasteiger partial charge in [-0.2, -0.15) is 4.31 Å². The van der Waals surface area contributed by atoms with Gasteiger partial charge in [0, 0.05) is 25.2 Å². The van der Waals surface area contributed by atoms with Crippen LogP contribution in [0.1, 0.15) is 11.1 Å². The van der Waals surface area contributed by atoms with Crippen LogP contribution in [0.3, 0.4) is 0 Å². The van der Waals surface area contributed by atoms with Crippen LogP contribution in [-0.2, 0) is 23.1 Å². The molecule has 0 atom stereocenters. The molecule has 0 N–H and O–H groups in total. The first-order valence-corrected chi connectivity index (χ1v) is 11.8. The molecular weight excluding hydrogens is 476 g/mol. The van der Waals surface area contributed by atoms with E-state index in [0.717, 1.165) is 12.1 Å². The van der Waals surface area contributed by atoms with Crippen LogP contribution in [-0.4, -0.2) is 46.1 Å². The molecule has 0 unspecified atom stereocenters. The van der Waals surface area contributed by atoms with Crippen molar-refractivity contribution in [2.75, 3.05) is 28.4 Å². The molecule has 0 aromatic heterocycles. The van der Waals surface area contributed by atoms with Gasteiger partial charge in [0.05, 0.1) is 38.3 Å². The second-order valence-corrected chi connectivity index (χ2v) is 9.34. The molecule has 0 aliphatic carbocycles. The highest BCUT2D eigenvalue weighted by atomic mass is 32.2. The molecule has 0 aliphatic heterocycles. The Balaban J connectivity index is 2.03. The number of hydrogen-bond acceptors (Lipinski definition) is 8. The molecule has 186 valence electrons. The molecular formula is C24H26N2O8S. The summed E-state index contributed by atoms with van der Waals surface area (Å²) in [7, 11) is 1.98. The number of rotatable bonds is 11. The van der Waals surface area contributed by atoms with Crippen molar-refractivity contribution >= 4 is 15.7 Å². The first-order valence-electron chi connectivity index (χ1n) is 10.4. The molecule has 10 nitrogen and oxygen atoms in total. The fraction of sp³-hybridized carbons (Fsp3) is 0.250. The number of hydrogen-bond donors (Lipinski definition) is 0. The minimum Gasteiger partial charge on any atom is -0.493 e. The van der Waals surface area contributed by atoms with Gasteiger partial charge in [-0.3, -0.25) is 10.1 Å². The lowest BCUT2D eigenvalue weighted by Gasteiger charge is -2.23. The highest BCUT2D eigenvalue weighted by molar-refractivity contribution is 7.89. The molecule has 0 saturated carbocycles. The third-order valence-electron chi connectivity index (χ3n) is 5.30. The van der Waals surface area contributed by atoms with Crippen LogP contribution in [0.4, 0.5) is 5.69 Å². The number of nitro benzene ring substituents is 1. The molecule has 0 aliphatic rings. The summed E-state index contributed by atoms with van der Waals surface area (Å²) in [6.07, 6.45) is 0. The van der Waals surface area contributed by atoms with Crippen LogP contribution in [0.25, 0.3) is 0 Å². The standard InChI is InChI=1S/C24H26N2O8S/c1-31-21-11-5-17(13-23(21)33-3)15-25(16-18-6-12-22(32-2)24(14-18)34-4)35(29,30)20-9-7-19(8-10-20)26(27)28/h5-14H,15-16H2,1-4H3. The van der Waals surface area contributed by atoms with Crippen LogP contribution in [0.2, 0.25) is 0 Å². The Labute approximate surface area is 203 Å². The maximum atomic E-state index is 13.6. The Hall–Kier alpha value is -3.83. The van der Waals surface area contributed by atoms with Crippen molar-refractivity contribution in [3.05, 3.63) is 81.9 Å². The normalized spacial score (nSPS) is 11.2. The lowest BCUT2D eigenvalue weighted by Crippen LogP contribution is -2.30. The lowest BCUT2D eigenvalue weighted by molar-refractivity contribution is -0.384. The average Bonchev–Trinajstić information content (AvgIpc) is 2.87. The molecule has 3 aromatic rings. The van der Waals surface area contributed by atoms with E-state index in [1.54, 1.807) is 36.4 Å². The van der Waals surface area contributed by atoms with E-state index in [4.69, 9.17) is 18.9 Å². The van der Waals surface area contributed by atoms with E-state index < -0.39 is 14.9 Å². The highest BCUT2D eigenvalue weighted by Gasteiger charge is 2.26. The van der Waals surface area contributed by atoms with Gasteiger partial charge in [-0.05, 0) is 47.5 Å². The summed E-state index contributed by atoms with van der Waals surface area (Å²) in [6.45, 7) is 0.0159. The molecule has 0 heterocycles. The van der Waals surface area contributed by atoms with Crippen LogP contribution in [0, 0.1) is 10.1 Å². The van der Waals surface area contributed by atoms with Gasteiger partial charge < -0.3 is 18.9 Å².